The highest BCUT2D eigenvalue weighted by Gasteiger charge is 2.30. The number of quaternary nitrogens is 1. The number of allylic oxidation sites excluding steroid dienone is 7. The number of amides is 1. The van der Waals surface area contributed by atoms with Gasteiger partial charge >= 0.3 is 13.8 Å². The Labute approximate surface area is 484 Å². The molecule has 0 rings (SSSR count). The number of nitrogens with one attached hydrogen (secondary N) is 1. The van der Waals surface area contributed by atoms with Gasteiger partial charge in [-0.1, -0.05) is 288 Å². The van der Waals surface area contributed by atoms with Crippen molar-refractivity contribution in [3.05, 3.63) is 48.6 Å². The van der Waals surface area contributed by atoms with Gasteiger partial charge in [0.05, 0.1) is 33.8 Å². The van der Waals surface area contributed by atoms with Gasteiger partial charge in [0.2, 0.25) is 5.91 Å². The van der Waals surface area contributed by atoms with Crippen LogP contribution in [0.15, 0.2) is 48.6 Å². The first kappa shape index (κ1) is 76.0. The van der Waals surface area contributed by atoms with E-state index in [0.29, 0.717) is 23.9 Å². The van der Waals surface area contributed by atoms with Crippen molar-refractivity contribution >= 4 is 19.7 Å². The number of phosphoric ester groups is 1. The van der Waals surface area contributed by atoms with E-state index in [2.05, 4.69) is 62.5 Å². The number of hydrogen-bond acceptors (Lipinski definition) is 6. The predicted molar refractivity (Wildman–Crippen MR) is 337 cm³/mol. The zero-order chi connectivity index (χ0) is 57.2. The Hall–Kier alpha value is -2.03. The molecule has 3 atom stereocenters. The van der Waals surface area contributed by atoms with E-state index >= 15 is 0 Å². The summed E-state index contributed by atoms with van der Waals surface area (Å²) < 4.78 is 30.7. The number of carbonyl (C=O) groups is 2. The van der Waals surface area contributed by atoms with Crippen LogP contribution >= 0.6 is 7.82 Å². The molecule has 0 saturated carbocycles. The van der Waals surface area contributed by atoms with E-state index in [-0.39, 0.29) is 25.1 Å². The van der Waals surface area contributed by atoms with Crippen LogP contribution in [0.2, 0.25) is 0 Å². The number of likely N-dealkylation sites (N-methyl/N-ethyl adjacent to an activating group) is 1. The van der Waals surface area contributed by atoms with Crippen LogP contribution in [-0.2, 0) is 27.9 Å². The lowest BCUT2D eigenvalue weighted by atomic mass is 10.0. The SMILES string of the molecule is CCCCC/C=C\C/C=C\C/C=C\CCCCCCCCCCCCCCCCC(=O)OC(/C=C\CCCCCCCCCCCC)C(COP(=O)(O)OCC[N+](C)(C)C)NC(=O)CCCCCCCCCCCCCCC. The minimum atomic E-state index is -4.44. The fourth-order valence-electron chi connectivity index (χ4n) is 9.83. The fraction of sp³-hybridized carbons (Fsp3) is 0.853. The van der Waals surface area contributed by atoms with E-state index in [4.69, 9.17) is 13.8 Å². The van der Waals surface area contributed by atoms with Gasteiger partial charge in [-0.3, -0.25) is 18.6 Å². The van der Waals surface area contributed by atoms with Crippen LogP contribution in [0.1, 0.15) is 323 Å². The molecule has 0 aliphatic carbocycles. The summed E-state index contributed by atoms with van der Waals surface area (Å²) in [5.41, 5.74) is 0. The molecule has 458 valence electrons. The van der Waals surface area contributed by atoms with Crippen LogP contribution in [0.3, 0.4) is 0 Å². The van der Waals surface area contributed by atoms with Crippen LogP contribution in [0.5, 0.6) is 0 Å². The molecule has 78 heavy (non-hydrogen) atoms. The highest BCUT2D eigenvalue weighted by molar-refractivity contribution is 7.47. The second kappa shape index (κ2) is 58.2. The Morgan fingerprint density at radius 2 is 0.782 bits per heavy atom. The molecule has 0 aliphatic heterocycles. The van der Waals surface area contributed by atoms with Crippen LogP contribution in [-0.4, -0.2) is 74.3 Å². The maximum atomic E-state index is 13.5. The van der Waals surface area contributed by atoms with E-state index in [9.17, 15) is 19.0 Å². The van der Waals surface area contributed by atoms with Gasteiger partial charge in [0, 0.05) is 12.8 Å². The van der Waals surface area contributed by atoms with Crippen molar-refractivity contribution in [3.8, 4) is 0 Å². The molecule has 0 radical (unpaired) electrons. The highest BCUT2D eigenvalue weighted by Crippen LogP contribution is 2.43. The van der Waals surface area contributed by atoms with Gasteiger partial charge in [0.1, 0.15) is 19.3 Å². The third kappa shape index (κ3) is 58.6. The van der Waals surface area contributed by atoms with E-state index in [1.807, 2.05) is 33.3 Å². The predicted octanol–water partition coefficient (Wildman–Crippen LogP) is 20.8. The topological polar surface area (TPSA) is 111 Å². The minimum absolute atomic E-state index is 0.0423. The van der Waals surface area contributed by atoms with Gasteiger partial charge in [-0.25, -0.2) is 4.57 Å². The van der Waals surface area contributed by atoms with E-state index in [1.54, 1.807) is 0 Å². The second-order valence-corrected chi connectivity index (χ2v) is 25.5. The Morgan fingerprint density at radius 1 is 0.449 bits per heavy atom. The second-order valence-electron chi connectivity index (χ2n) is 24.0. The molecular weight excluding hydrogens is 988 g/mol. The number of unbranched alkanes of at least 4 members (excludes halogenated alkanes) is 39. The van der Waals surface area contributed by atoms with Crippen LogP contribution in [0.4, 0.5) is 0 Å². The molecule has 1 amide bonds. The largest absolute Gasteiger partial charge is 0.472 e. The summed E-state index contributed by atoms with van der Waals surface area (Å²) in [5, 5.41) is 3.06. The molecule has 0 aromatic rings. The molecule has 0 aromatic heterocycles. The van der Waals surface area contributed by atoms with Gasteiger partial charge < -0.3 is 19.4 Å². The van der Waals surface area contributed by atoms with Crippen molar-refractivity contribution in [2.45, 2.75) is 335 Å². The van der Waals surface area contributed by atoms with Crippen molar-refractivity contribution < 1.29 is 37.3 Å². The van der Waals surface area contributed by atoms with Crippen LogP contribution < -0.4 is 5.32 Å². The van der Waals surface area contributed by atoms with Crippen LogP contribution in [0.25, 0.3) is 0 Å². The molecule has 0 aromatic carbocycles. The molecule has 0 spiro atoms. The van der Waals surface area contributed by atoms with Crippen molar-refractivity contribution in [1.82, 2.24) is 5.32 Å². The van der Waals surface area contributed by atoms with E-state index in [1.165, 1.54) is 218 Å². The van der Waals surface area contributed by atoms with Gasteiger partial charge in [-0.15, -0.1) is 0 Å². The Bertz CT molecular complexity index is 1470. The maximum absolute atomic E-state index is 13.5. The molecule has 3 unspecified atom stereocenters. The van der Waals surface area contributed by atoms with Crippen molar-refractivity contribution in [3.63, 3.8) is 0 Å². The normalized spacial score (nSPS) is 13.9. The molecule has 9 nitrogen and oxygen atoms in total. The third-order valence-corrected chi connectivity index (χ3v) is 16.0. The van der Waals surface area contributed by atoms with Crippen molar-refractivity contribution in [1.29, 1.82) is 0 Å². The molecule has 0 aliphatic rings. The number of nitrogens with zero attached hydrogens (tertiary/aromatic N) is 1. The summed E-state index contributed by atoms with van der Waals surface area (Å²) in [4.78, 5) is 37.7. The Morgan fingerprint density at radius 3 is 1.19 bits per heavy atom. The monoisotopic (exact) mass is 1120 g/mol. The summed E-state index contributed by atoms with van der Waals surface area (Å²) in [5.74, 6) is -0.492. The fourth-order valence-corrected chi connectivity index (χ4v) is 10.6. The molecule has 0 saturated heterocycles. The number of ether oxygens (including phenoxy) is 1. The quantitative estimate of drug-likeness (QED) is 0.0205. The Kier molecular flexibility index (Phi) is 56.7. The zero-order valence-electron chi connectivity index (χ0n) is 52.4. The first-order chi connectivity index (χ1) is 37.9. The standard InChI is InChI=1S/C68H129N2O7P/c1-7-10-13-16-19-22-25-28-29-30-31-32-33-34-35-36-37-38-39-40-41-43-46-49-52-55-58-61-68(72)77-66(59-56-53-50-47-44-27-24-21-18-15-12-9-3)65(64-76-78(73,74)75-63-62-70(4,5)6)69-67(71)60-57-54-51-48-45-42-26-23-20-17-14-11-8-2/h19,22,28-29,31-32,56,59,65-66H,7-18,20-21,23-27,30,33-55,57-58,60-64H2,1-6H3,(H-,69,71,73,74)/p+1/b22-19-,29-28-,32-31-,59-56-. The molecule has 2 N–H and O–H groups in total. The average molecular weight is 1120 g/mol. The lowest BCUT2D eigenvalue weighted by molar-refractivity contribution is -0.870. The third-order valence-electron chi connectivity index (χ3n) is 15.0. The summed E-state index contributed by atoms with van der Waals surface area (Å²) in [7, 11) is 1.51. The number of phosphoric acid groups is 1. The van der Waals surface area contributed by atoms with Gasteiger partial charge in [-0.05, 0) is 70.3 Å². The average Bonchev–Trinajstić information content (AvgIpc) is 3.40. The summed E-state index contributed by atoms with van der Waals surface area (Å²) in [6.45, 7) is 7.02. The summed E-state index contributed by atoms with van der Waals surface area (Å²) in [6.07, 6.45) is 72.6. The number of hydrogen-bond donors (Lipinski definition) is 2. The van der Waals surface area contributed by atoms with Gasteiger partial charge in [0.25, 0.3) is 0 Å². The summed E-state index contributed by atoms with van der Waals surface area (Å²) >= 11 is 0. The molecule has 0 heterocycles. The Balaban J connectivity index is 5.00. The van der Waals surface area contributed by atoms with Crippen molar-refractivity contribution in [2.75, 3.05) is 40.9 Å². The van der Waals surface area contributed by atoms with Gasteiger partial charge in [0.15, 0.2) is 0 Å². The first-order valence-electron chi connectivity index (χ1n) is 33.5. The van der Waals surface area contributed by atoms with E-state index < -0.39 is 20.0 Å². The summed E-state index contributed by atoms with van der Waals surface area (Å²) in [6, 6.07) is -0.844. The number of carbonyl (C=O) groups excluding carboxylic acids is 2. The molecule has 10 heteroatoms. The minimum Gasteiger partial charge on any atom is -0.456 e. The zero-order valence-corrected chi connectivity index (χ0v) is 53.3. The maximum Gasteiger partial charge on any atom is 0.472 e. The molecular formula is C68H130N2O7P+. The lowest BCUT2D eigenvalue weighted by Gasteiger charge is -2.27. The number of esters is 1. The highest BCUT2D eigenvalue weighted by atomic mass is 31.2. The lowest BCUT2D eigenvalue weighted by Crippen LogP contribution is -2.47. The first-order valence-corrected chi connectivity index (χ1v) is 35.0. The molecule has 0 bridgehead atoms. The molecule has 0 fully saturated rings. The van der Waals surface area contributed by atoms with Crippen LogP contribution in [0, 0.1) is 0 Å². The number of rotatable bonds is 61. The smallest absolute Gasteiger partial charge is 0.456 e. The van der Waals surface area contributed by atoms with E-state index in [0.717, 1.165) is 70.6 Å². The van der Waals surface area contributed by atoms with Gasteiger partial charge in [-0.2, -0.15) is 0 Å². The van der Waals surface area contributed by atoms with Crippen molar-refractivity contribution in [2.24, 2.45) is 0 Å².